The quantitative estimate of drug-likeness (QED) is 0.723. The molecule has 1 aliphatic rings. The Labute approximate surface area is 130 Å². The third-order valence-electron chi connectivity index (χ3n) is 4.28. The van der Waals surface area contributed by atoms with Crippen molar-refractivity contribution in [2.45, 2.75) is 64.5 Å². The molecule has 1 aromatic heterocycles. The average Bonchev–Trinajstić information content (AvgIpc) is 2.81. The van der Waals surface area contributed by atoms with Gasteiger partial charge < -0.3 is 20.3 Å². The van der Waals surface area contributed by atoms with Crippen LogP contribution < -0.4 is 10.6 Å². The predicted octanol–water partition coefficient (Wildman–Crippen LogP) is 2.07. The maximum absolute atomic E-state index is 12.2. The highest BCUT2D eigenvalue weighted by atomic mass is 16.5. The van der Waals surface area contributed by atoms with E-state index < -0.39 is 0 Å². The number of carbonyl (C=O) groups excluding carboxylic acids is 1. The van der Waals surface area contributed by atoms with Gasteiger partial charge in [0.2, 0.25) is 5.89 Å². The predicted molar refractivity (Wildman–Crippen MR) is 81.2 cm³/mol. The van der Waals surface area contributed by atoms with E-state index in [4.69, 9.17) is 4.52 Å². The van der Waals surface area contributed by atoms with Crippen molar-refractivity contribution in [3.8, 4) is 0 Å². The SMILES string of the molecule is CCC(NC(=O)NC1CCCCCC1CO)c1noc(C)n1. The summed E-state index contributed by atoms with van der Waals surface area (Å²) in [6.07, 6.45) is 5.92. The molecule has 1 saturated carbocycles. The van der Waals surface area contributed by atoms with Crippen molar-refractivity contribution < 1.29 is 14.4 Å². The highest BCUT2D eigenvalue weighted by Gasteiger charge is 2.26. The van der Waals surface area contributed by atoms with Gasteiger partial charge in [-0.2, -0.15) is 4.98 Å². The normalized spacial score (nSPS) is 23.6. The van der Waals surface area contributed by atoms with Crippen molar-refractivity contribution in [1.29, 1.82) is 0 Å². The Hall–Kier alpha value is -1.63. The van der Waals surface area contributed by atoms with Gasteiger partial charge in [0.1, 0.15) is 0 Å². The summed E-state index contributed by atoms with van der Waals surface area (Å²) in [5, 5.41) is 19.3. The zero-order valence-electron chi connectivity index (χ0n) is 13.3. The first kappa shape index (κ1) is 16.7. The van der Waals surface area contributed by atoms with E-state index in [1.54, 1.807) is 6.92 Å². The second kappa shape index (κ2) is 8.12. The molecule has 0 radical (unpaired) electrons. The molecular weight excluding hydrogens is 284 g/mol. The summed E-state index contributed by atoms with van der Waals surface area (Å²) in [5.41, 5.74) is 0. The van der Waals surface area contributed by atoms with E-state index >= 15 is 0 Å². The number of carbonyl (C=O) groups is 1. The number of urea groups is 1. The molecular formula is C15H26N4O3. The molecule has 1 aliphatic carbocycles. The summed E-state index contributed by atoms with van der Waals surface area (Å²) in [5.74, 6) is 1.12. The number of hydrogen-bond acceptors (Lipinski definition) is 5. The Morgan fingerprint density at radius 2 is 2.18 bits per heavy atom. The molecule has 2 rings (SSSR count). The van der Waals surface area contributed by atoms with Crippen molar-refractivity contribution in [3.63, 3.8) is 0 Å². The first-order valence-corrected chi connectivity index (χ1v) is 8.12. The molecule has 2 amide bonds. The van der Waals surface area contributed by atoms with Crippen molar-refractivity contribution in [1.82, 2.24) is 20.8 Å². The third-order valence-corrected chi connectivity index (χ3v) is 4.28. The van der Waals surface area contributed by atoms with Gasteiger partial charge in [0.25, 0.3) is 0 Å². The van der Waals surface area contributed by atoms with Gasteiger partial charge in [-0.3, -0.25) is 0 Å². The van der Waals surface area contributed by atoms with Crippen LogP contribution in [0.5, 0.6) is 0 Å². The standard InChI is InChI=1S/C15H26N4O3/c1-3-12(14-16-10(2)22-19-14)17-15(21)18-13-8-6-4-5-7-11(13)9-20/h11-13,20H,3-9H2,1-2H3,(H2,17,18,21). The van der Waals surface area contributed by atoms with E-state index in [0.29, 0.717) is 18.1 Å². The molecule has 0 aromatic carbocycles. The molecule has 124 valence electrons. The van der Waals surface area contributed by atoms with E-state index in [9.17, 15) is 9.90 Å². The molecule has 0 saturated heterocycles. The number of rotatable bonds is 5. The second-order valence-corrected chi connectivity index (χ2v) is 5.94. The number of hydrogen-bond donors (Lipinski definition) is 3. The van der Waals surface area contributed by atoms with Gasteiger partial charge >= 0.3 is 6.03 Å². The molecule has 22 heavy (non-hydrogen) atoms. The lowest BCUT2D eigenvalue weighted by Crippen LogP contribution is -2.47. The van der Waals surface area contributed by atoms with Crippen LogP contribution >= 0.6 is 0 Å². The van der Waals surface area contributed by atoms with Crippen LogP contribution in [0.4, 0.5) is 4.79 Å². The summed E-state index contributed by atoms with van der Waals surface area (Å²) in [6.45, 7) is 3.80. The number of aryl methyl sites for hydroxylation is 1. The summed E-state index contributed by atoms with van der Waals surface area (Å²) < 4.78 is 4.96. The van der Waals surface area contributed by atoms with Gasteiger partial charge in [-0.25, -0.2) is 4.79 Å². The minimum absolute atomic E-state index is 0.0250. The molecule has 0 spiro atoms. The summed E-state index contributed by atoms with van der Waals surface area (Å²) in [4.78, 5) is 16.4. The molecule has 3 atom stereocenters. The van der Waals surface area contributed by atoms with Crippen molar-refractivity contribution in [2.75, 3.05) is 6.61 Å². The second-order valence-electron chi connectivity index (χ2n) is 5.94. The van der Waals surface area contributed by atoms with E-state index in [0.717, 1.165) is 32.1 Å². The minimum atomic E-state index is -0.268. The van der Waals surface area contributed by atoms with Gasteiger partial charge in [-0.15, -0.1) is 0 Å². The first-order chi connectivity index (χ1) is 10.6. The molecule has 0 bridgehead atoms. The lowest BCUT2D eigenvalue weighted by Gasteiger charge is -2.25. The number of aromatic nitrogens is 2. The summed E-state index contributed by atoms with van der Waals surface area (Å²) in [7, 11) is 0. The van der Waals surface area contributed by atoms with Gasteiger partial charge in [0, 0.05) is 25.5 Å². The van der Waals surface area contributed by atoms with Crippen LogP contribution in [0.15, 0.2) is 4.52 Å². The minimum Gasteiger partial charge on any atom is -0.396 e. The van der Waals surface area contributed by atoms with Gasteiger partial charge in [0.05, 0.1) is 6.04 Å². The zero-order chi connectivity index (χ0) is 15.9. The lowest BCUT2D eigenvalue weighted by atomic mass is 9.96. The fourth-order valence-electron chi connectivity index (χ4n) is 2.97. The van der Waals surface area contributed by atoms with Crippen molar-refractivity contribution in [3.05, 3.63) is 11.7 Å². The number of aliphatic hydroxyl groups is 1. The monoisotopic (exact) mass is 310 g/mol. The first-order valence-electron chi connectivity index (χ1n) is 8.12. The van der Waals surface area contributed by atoms with Crippen LogP contribution in [-0.2, 0) is 0 Å². The van der Waals surface area contributed by atoms with Crippen molar-refractivity contribution >= 4 is 6.03 Å². The molecule has 7 heteroatoms. The molecule has 3 N–H and O–H groups in total. The summed E-state index contributed by atoms with van der Waals surface area (Å²) in [6, 6.07) is -0.479. The average molecular weight is 310 g/mol. The lowest BCUT2D eigenvalue weighted by molar-refractivity contribution is 0.178. The molecule has 1 aromatic rings. The third kappa shape index (κ3) is 4.43. The fraction of sp³-hybridized carbons (Fsp3) is 0.800. The highest BCUT2D eigenvalue weighted by molar-refractivity contribution is 5.74. The van der Waals surface area contributed by atoms with Crippen molar-refractivity contribution in [2.24, 2.45) is 5.92 Å². The van der Waals surface area contributed by atoms with Crippen LogP contribution in [-0.4, -0.2) is 33.9 Å². The topological polar surface area (TPSA) is 100 Å². The Bertz CT molecular complexity index is 477. The molecule has 7 nitrogen and oxygen atoms in total. The highest BCUT2D eigenvalue weighted by Crippen LogP contribution is 2.23. The number of nitrogens with one attached hydrogen (secondary N) is 2. The smallest absolute Gasteiger partial charge is 0.315 e. The zero-order valence-corrected chi connectivity index (χ0v) is 13.3. The molecule has 1 heterocycles. The largest absolute Gasteiger partial charge is 0.396 e. The Morgan fingerprint density at radius 3 is 2.82 bits per heavy atom. The van der Waals surface area contributed by atoms with Gasteiger partial charge in [0.15, 0.2) is 5.82 Å². The molecule has 3 unspecified atom stereocenters. The summed E-state index contributed by atoms with van der Waals surface area (Å²) >= 11 is 0. The fourth-order valence-corrected chi connectivity index (χ4v) is 2.97. The molecule has 0 aliphatic heterocycles. The number of amides is 2. The van der Waals surface area contributed by atoms with E-state index in [2.05, 4.69) is 20.8 Å². The van der Waals surface area contributed by atoms with Crippen LogP contribution in [0.1, 0.15) is 63.2 Å². The maximum atomic E-state index is 12.2. The van der Waals surface area contributed by atoms with E-state index in [1.165, 1.54) is 0 Å². The van der Waals surface area contributed by atoms with Crippen LogP contribution in [0.25, 0.3) is 0 Å². The number of nitrogens with zero attached hydrogens (tertiary/aromatic N) is 2. The van der Waals surface area contributed by atoms with E-state index in [-0.39, 0.29) is 30.6 Å². The van der Waals surface area contributed by atoms with Crippen LogP contribution in [0, 0.1) is 12.8 Å². The van der Waals surface area contributed by atoms with Gasteiger partial charge in [-0.05, 0) is 19.3 Å². The van der Waals surface area contributed by atoms with Crippen LogP contribution in [0.3, 0.4) is 0 Å². The maximum Gasteiger partial charge on any atom is 0.315 e. The van der Waals surface area contributed by atoms with E-state index in [1.807, 2.05) is 6.92 Å². The Balaban J connectivity index is 1.92. The Morgan fingerprint density at radius 1 is 1.41 bits per heavy atom. The number of aliphatic hydroxyl groups excluding tert-OH is 1. The van der Waals surface area contributed by atoms with Gasteiger partial charge in [-0.1, -0.05) is 31.3 Å². The molecule has 1 fully saturated rings. The van der Waals surface area contributed by atoms with Crippen LogP contribution in [0.2, 0.25) is 0 Å². The Kier molecular flexibility index (Phi) is 6.18.